The molecule has 3 N–H and O–H groups in total. The lowest BCUT2D eigenvalue weighted by Gasteiger charge is -2.14. The Bertz CT molecular complexity index is 330. The van der Waals surface area contributed by atoms with Crippen LogP contribution in [0.5, 0.6) is 0 Å². The van der Waals surface area contributed by atoms with E-state index >= 15 is 0 Å². The van der Waals surface area contributed by atoms with Crippen LogP contribution in [-0.2, 0) is 0 Å². The molecule has 0 aliphatic carbocycles. The highest BCUT2D eigenvalue weighted by atomic mass is 35.5. The number of aliphatic hydroxyl groups is 1. The third-order valence-corrected chi connectivity index (χ3v) is 2.46. The number of aliphatic hydroxyl groups excluding tert-OH is 1. The van der Waals surface area contributed by atoms with Gasteiger partial charge in [-0.15, -0.1) is 0 Å². The largest absolute Gasteiger partial charge is 0.396 e. The number of hydrogen-bond acceptors (Lipinski definition) is 2. The second kappa shape index (κ2) is 4.73. The summed E-state index contributed by atoms with van der Waals surface area (Å²) in [5.74, 6) is -0.376. The van der Waals surface area contributed by atoms with E-state index in [1.807, 2.05) is 0 Å². The van der Waals surface area contributed by atoms with E-state index in [4.69, 9.17) is 22.4 Å². The van der Waals surface area contributed by atoms with Gasteiger partial charge in [-0.2, -0.15) is 0 Å². The van der Waals surface area contributed by atoms with E-state index in [0.29, 0.717) is 22.6 Å². The van der Waals surface area contributed by atoms with Gasteiger partial charge in [0.15, 0.2) is 0 Å². The maximum atomic E-state index is 13.6. The van der Waals surface area contributed by atoms with Gasteiger partial charge in [0.2, 0.25) is 0 Å². The van der Waals surface area contributed by atoms with Crippen LogP contribution in [-0.4, -0.2) is 11.7 Å². The molecule has 0 bridgehead atoms. The van der Waals surface area contributed by atoms with Gasteiger partial charge < -0.3 is 10.8 Å². The zero-order valence-corrected chi connectivity index (χ0v) is 8.68. The first-order valence-corrected chi connectivity index (χ1v) is 4.76. The monoisotopic (exact) mass is 217 g/mol. The van der Waals surface area contributed by atoms with Gasteiger partial charge in [-0.05, 0) is 25.0 Å². The lowest BCUT2D eigenvalue weighted by molar-refractivity contribution is 0.275. The van der Waals surface area contributed by atoms with Crippen LogP contribution < -0.4 is 5.73 Å². The van der Waals surface area contributed by atoms with Crippen LogP contribution in [0.3, 0.4) is 0 Å². The standard InChI is InChI=1S/C10H13ClFNO/c1-6-2-3-7(11)9(10(6)12)8(13)4-5-14/h2-3,8,14H,4-5,13H2,1H3/t8-/m1/s1. The van der Waals surface area contributed by atoms with Gasteiger partial charge in [-0.1, -0.05) is 17.7 Å². The number of halogens is 2. The minimum Gasteiger partial charge on any atom is -0.396 e. The lowest BCUT2D eigenvalue weighted by Crippen LogP contribution is -2.15. The zero-order valence-electron chi connectivity index (χ0n) is 7.93. The molecule has 1 atom stereocenters. The van der Waals surface area contributed by atoms with Crippen molar-refractivity contribution in [3.8, 4) is 0 Å². The summed E-state index contributed by atoms with van der Waals surface area (Å²) in [5.41, 5.74) is 6.50. The van der Waals surface area contributed by atoms with Crippen LogP contribution in [0.15, 0.2) is 12.1 Å². The molecule has 0 aliphatic heterocycles. The topological polar surface area (TPSA) is 46.2 Å². The van der Waals surface area contributed by atoms with Gasteiger partial charge in [0, 0.05) is 23.2 Å². The van der Waals surface area contributed by atoms with E-state index in [-0.39, 0.29) is 12.4 Å². The lowest BCUT2D eigenvalue weighted by atomic mass is 10.0. The Kier molecular flexibility index (Phi) is 3.86. The van der Waals surface area contributed by atoms with E-state index < -0.39 is 6.04 Å². The molecule has 1 aromatic rings. The Balaban J connectivity index is 3.11. The molecule has 0 heterocycles. The minimum atomic E-state index is -0.549. The molecule has 4 heteroatoms. The normalized spacial score (nSPS) is 12.9. The van der Waals surface area contributed by atoms with Crippen molar-refractivity contribution in [3.05, 3.63) is 34.1 Å². The quantitative estimate of drug-likeness (QED) is 0.815. The maximum Gasteiger partial charge on any atom is 0.132 e. The van der Waals surface area contributed by atoms with Gasteiger partial charge >= 0.3 is 0 Å². The molecule has 78 valence electrons. The highest BCUT2D eigenvalue weighted by Crippen LogP contribution is 2.28. The van der Waals surface area contributed by atoms with Crippen molar-refractivity contribution < 1.29 is 9.50 Å². The van der Waals surface area contributed by atoms with Crippen molar-refractivity contribution >= 4 is 11.6 Å². The molecule has 0 fully saturated rings. The number of aryl methyl sites for hydroxylation is 1. The summed E-state index contributed by atoms with van der Waals surface area (Å²) >= 11 is 5.83. The Hall–Kier alpha value is -0.640. The molecular formula is C10H13ClFNO. The molecule has 1 aromatic carbocycles. The molecule has 0 radical (unpaired) electrons. The van der Waals surface area contributed by atoms with Crippen molar-refractivity contribution in [1.29, 1.82) is 0 Å². The van der Waals surface area contributed by atoms with Crippen molar-refractivity contribution in [2.75, 3.05) is 6.61 Å². The first-order chi connectivity index (χ1) is 6.57. The number of benzene rings is 1. The van der Waals surface area contributed by atoms with E-state index in [2.05, 4.69) is 0 Å². The van der Waals surface area contributed by atoms with E-state index in [9.17, 15) is 4.39 Å². The first-order valence-electron chi connectivity index (χ1n) is 4.39. The van der Waals surface area contributed by atoms with Crippen LogP contribution in [0.2, 0.25) is 5.02 Å². The predicted octanol–water partition coefficient (Wildman–Crippen LogP) is 2.17. The SMILES string of the molecule is Cc1ccc(Cl)c([C@H](N)CCO)c1F. The van der Waals surface area contributed by atoms with Crippen LogP contribution in [0.25, 0.3) is 0 Å². The summed E-state index contributed by atoms with van der Waals surface area (Å²) in [5, 5.41) is 9.02. The fourth-order valence-corrected chi connectivity index (χ4v) is 1.59. The van der Waals surface area contributed by atoms with Gasteiger partial charge in [-0.3, -0.25) is 0 Å². The van der Waals surface area contributed by atoms with Crippen molar-refractivity contribution in [2.45, 2.75) is 19.4 Å². The Morgan fingerprint density at radius 2 is 2.21 bits per heavy atom. The number of hydrogen-bond donors (Lipinski definition) is 2. The molecule has 0 aromatic heterocycles. The average Bonchev–Trinajstić information content (AvgIpc) is 2.13. The van der Waals surface area contributed by atoms with Gasteiger partial charge in [0.25, 0.3) is 0 Å². The van der Waals surface area contributed by atoms with E-state index in [0.717, 1.165) is 0 Å². The molecule has 0 saturated carbocycles. The number of rotatable bonds is 3. The van der Waals surface area contributed by atoms with Crippen molar-refractivity contribution in [2.24, 2.45) is 5.73 Å². The Morgan fingerprint density at radius 1 is 1.57 bits per heavy atom. The molecular weight excluding hydrogens is 205 g/mol. The Labute approximate surface area is 87.5 Å². The third kappa shape index (κ3) is 2.23. The van der Waals surface area contributed by atoms with E-state index in [1.165, 1.54) is 0 Å². The minimum absolute atomic E-state index is 0.0785. The fourth-order valence-electron chi connectivity index (χ4n) is 1.30. The van der Waals surface area contributed by atoms with Gasteiger partial charge in [0.1, 0.15) is 5.82 Å². The summed E-state index contributed by atoms with van der Waals surface area (Å²) in [6.45, 7) is 1.58. The summed E-state index contributed by atoms with van der Waals surface area (Å²) in [7, 11) is 0. The second-order valence-electron chi connectivity index (χ2n) is 3.21. The molecule has 0 spiro atoms. The summed E-state index contributed by atoms with van der Waals surface area (Å²) in [4.78, 5) is 0. The Morgan fingerprint density at radius 3 is 2.79 bits per heavy atom. The van der Waals surface area contributed by atoms with Crippen LogP contribution in [0.4, 0.5) is 4.39 Å². The number of nitrogens with two attached hydrogens (primary N) is 1. The highest BCUT2D eigenvalue weighted by Gasteiger charge is 2.16. The summed E-state index contributed by atoms with van der Waals surface area (Å²) < 4.78 is 13.6. The molecule has 14 heavy (non-hydrogen) atoms. The van der Waals surface area contributed by atoms with Crippen molar-refractivity contribution in [3.63, 3.8) is 0 Å². The fraction of sp³-hybridized carbons (Fsp3) is 0.400. The third-order valence-electron chi connectivity index (χ3n) is 2.13. The predicted molar refractivity (Wildman–Crippen MR) is 54.8 cm³/mol. The second-order valence-corrected chi connectivity index (χ2v) is 3.62. The molecule has 0 unspecified atom stereocenters. The summed E-state index contributed by atoms with van der Waals surface area (Å²) in [6, 6.07) is 2.67. The molecule has 0 saturated heterocycles. The van der Waals surface area contributed by atoms with Crippen LogP contribution in [0.1, 0.15) is 23.6 Å². The van der Waals surface area contributed by atoms with Crippen LogP contribution >= 0.6 is 11.6 Å². The van der Waals surface area contributed by atoms with Gasteiger partial charge in [0.05, 0.1) is 0 Å². The van der Waals surface area contributed by atoms with E-state index in [1.54, 1.807) is 19.1 Å². The van der Waals surface area contributed by atoms with Crippen molar-refractivity contribution in [1.82, 2.24) is 0 Å². The maximum absolute atomic E-state index is 13.6. The first kappa shape index (κ1) is 11.4. The van der Waals surface area contributed by atoms with Crippen LogP contribution in [0, 0.1) is 12.7 Å². The van der Waals surface area contributed by atoms with Gasteiger partial charge in [-0.25, -0.2) is 4.39 Å². The molecule has 1 rings (SSSR count). The molecule has 0 amide bonds. The molecule has 2 nitrogen and oxygen atoms in total. The highest BCUT2D eigenvalue weighted by molar-refractivity contribution is 6.31. The summed E-state index contributed by atoms with van der Waals surface area (Å²) in [6.07, 6.45) is 0.306. The average molecular weight is 218 g/mol. The molecule has 0 aliphatic rings. The smallest absolute Gasteiger partial charge is 0.132 e. The zero-order chi connectivity index (χ0) is 10.7.